The molecule has 0 spiro atoms. The van der Waals surface area contributed by atoms with E-state index in [-0.39, 0.29) is 0 Å². The van der Waals surface area contributed by atoms with Gasteiger partial charge in [0.2, 0.25) is 0 Å². The Hall–Kier alpha value is -2.23. The predicted octanol–water partition coefficient (Wildman–Crippen LogP) is 6.22. The van der Waals surface area contributed by atoms with Crippen molar-refractivity contribution in [3.8, 4) is 22.9 Å². The molecule has 3 aromatic rings. The van der Waals surface area contributed by atoms with Crippen LogP contribution in [0.15, 0.2) is 47.5 Å². The lowest BCUT2D eigenvalue weighted by molar-refractivity contribution is 0.309. The summed E-state index contributed by atoms with van der Waals surface area (Å²) in [6.45, 7) is 1.71. The van der Waals surface area contributed by atoms with E-state index in [0.717, 1.165) is 58.2 Å². The molecule has 2 heterocycles. The summed E-state index contributed by atoms with van der Waals surface area (Å²) in [4.78, 5) is 7.19. The largest absolute Gasteiger partial charge is 0.497 e. The van der Waals surface area contributed by atoms with Crippen molar-refractivity contribution in [3.63, 3.8) is 0 Å². The molecule has 7 heteroatoms. The highest BCUT2D eigenvalue weighted by Crippen LogP contribution is 2.39. The van der Waals surface area contributed by atoms with Crippen molar-refractivity contribution in [3.05, 3.63) is 74.9 Å². The zero-order valence-electron chi connectivity index (χ0n) is 17.3. The smallest absolute Gasteiger partial charge is 0.119 e. The van der Waals surface area contributed by atoms with Crippen LogP contribution in [0.2, 0.25) is 10.0 Å². The third kappa shape index (κ3) is 4.68. The number of methoxy groups -OCH3 is 1. The number of aromatic nitrogens is 1. The van der Waals surface area contributed by atoms with Crippen molar-refractivity contribution >= 4 is 35.0 Å². The average molecular weight is 470 g/mol. The van der Waals surface area contributed by atoms with Crippen LogP contribution >= 0.6 is 35.0 Å². The van der Waals surface area contributed by atoms with Gasteiger partial charge in [0.15, 0.2) is 0 Å². The minimum atomic E-state index is 0.527. The highest BCUT2D eigenvalue weighted by atomic mass is 35.5. The second kappa shape index (κ2) is 9.50. The van der Waals surface area contributed by atoms with E-state index in [1.807, 2.05) is 36.4 Å². The Balaban J connectivity index is 1.80. The highest BCUT2D eigenvalue weighted by Gasteiger charge is 2.25. The first-order chi connectivity index (χ1) is 15.0. The molecule has 0 amide bonds. The lowest BCUT2D eigenvalue weighted by Gasteiger charge is -2.28. The number of fused-ring (bicyclic) bond motifs is 1. The van der Waals surface area contributed by atoms with Crippen LogP contribution < -0.4 is 4.74 Å². The molecule has 0 N–H and O–H groups in total. The fourth-order valence-electron chi connectivity index (χ4n) is 3.76. The Kier molecular flexibility index (Phi) is 6.74. The number of thioether (sulfide) groups is 1. The fraction of sp³-hybridized carbons (Fsp3) is 0.250. The molecular weight excluding hydrogens is 449 g/mol. The van der Waals surface area contributed by atoms with E-state index in [1.165, 1.54) is 0 Å². The zero-order valence-corrected chi connectivity index (χ0v) is 19.6. The molecule has 0 fully saturated rings. The third-order valence-corrected chi connectivity index (χ3v) is 7.12. The van der Waals surface area contributed by atoms with Crippen LogP contribution in [-0.2, 0) is 18.7 Å². The van der Waals surface area contributed by atoms with Crippen LogP contribution in [0, 0.1) is 11.3 Å². The summed E-state index contributed by atoms with van der Waals surface area (Å²) in [5.41, 5.74) is 5.75. The minimum absolute atomic E-state index is 0.527. The van der Waals surface area contributed by atoms with E-state index >= 15 is 0 Å². The molecule has 1 aromatic heterocycles. The Morgan fingerprint density at radius 2 is 2.03 bits per heavy atom. The molecule has 2 aromatic carbocycles. The average Bonchev–Trinajstić information content (AvgIpc) is 2.78. The second-order valence-electron chi connectivity index (χ2n) is 7.46. The maximum atomic E-state index is 10.1. The molecule has 4 nitrogen and oxygen atoms in total. The molecule has 4 rings (SSSR count). The lowest BCUT2D eigenvalue weighted by atomic mass is 9.91. The number of likely N-dealkylation sites (N-methyl/N-ethyl adjacent to an activating group) is 1. The Morgan fingerprint density at radius 1 is 1.19 bits per heavy atom. The van der Waals surface area contributed by atoms with Crippen LogP contribution in [0.4, 0.5) is 0 Å². The van der Waals surface area contributed by atoms with E-state index in [9.17, 15) is 5.26 Å². The van der Waals surface area contributed by atoms with Gasteiger partial charge in [0, 0.05) is 36.5 Å². The summed E-state index contributed by atoms with van der Waals surface area (Å²) in [5.74, 6) is 1.41. The van der Waals surface area contributed by atoms with Crippen molar-refractivity contribution in [1.82, 2.24) is 9.88 Å². The Bertz CT molecular complexity index is 1180. The lowest BCUT2D eigenvalue weighted by Crippen LogP contribution is -2.28. The summed E-state index contributed by atoms with van der Waals surface area (Å²) in [5, 5.41) is 11.9. The molecule has 1 aliphatic rings. The van der Waals surface area contributed by atoms with E-state index in [1.54, 1.807) is 24.9 Å². The maximum absolute atomic E-state index is 10.1. The third-order valence-electron chi connectivity index (χ3n) is 5.34. The second-order valence-corrected chi connectivity index (χ2v) is 9.24. The van der Waals surface area contributed by atoms with E-state index in [2.05, 4.69) is 18.0 Å². The maximum Gasteiger partial charge on any atom is 0.119 e. The Labute approximate surface area is 196 Å². The van der Waals surface area contributed by atoms with Gasteiger partial charge in [-0.1, -0.05) is 41.4 Å². The number of benzene rings is 2. The number of ether oxygens (including phenoxy) is 1. The summed E-state index contributed by atoms with van der Waals surface area (Å²) in [7, 11) is 3.75. The van der Waals surface area contributed by atoms with Crippen LogP contribution in [0.5, 0.6) is 5.75 Å². The number of hydrogen-bond acceptors (Lipinski definition) is 5. The molecular formula is C24H21Cl2N3OS. The van der Waals surface area contributed by atoms with E-state index < -0.39 is 0 Å². The number of halogens is 2. The number of hydrogen-bond donors (Lipinski definition) is 0. The first-order valence-electron chi connectivity index (χ1n) is 9.85. The predicted molar refractivity (Wildman–Crippen MR) is 127 cm³/mol. The van der Waals surface area contributed by atoms with E-state index in [0.29, 0.717) is 21.4 Å². The summed E-state index contributed by atoms with van der Waals surface area (Å²) >= 11 is 13.8. The van der Waals surface area contributed by atoms with Crippen LogP contribution in [0.25, 0.3) is 11.1 Å². The van der Waals surface area contributed by atoms with Crippen LogP contribution in [-0.4, -0.2) is 30.6 Å². The number of nitriles is 1. The van der Waals surface area contributed by atoms with Gasteiger partial charge in [-0.05, 0) is 48.0 Å². The first kappa shape index (κ1) is 22.0. The van der Waals surface area contributed by atoms with Crippen molar-refractivity contribution in [1.29, 1.82) is 5.26 Å². The summed E-state index contributed by atoms with van der Waals surface area (Å²) in [6, 6.07) is 15.9. The van der Waals surface area contributed by atoms with Crippen LogP contribution in [0.1, 0.15) is 22.4 Å². The number of nitrogens with zero attached hydrogens (tertiary/aromatic N) is 3. The van der Waals surface area contributed by atoms with Gasteiger partial charge in [-0.25, -0.2) is 4.98 Å². The quantitative estimate of drug-likeness (QED) is 0.415. The molecule has 0 saturated carbocycles. The van der Waals surface area contributed by atoms with Gasteiger partial charge in [0.1, 0.15) is 16.8 Å². The van der Waals surface area contributed by atoms with Gasteiger partial charge in [-0.3, -0.25) is 0 Å². The van der Waals surface area contributed by atoms with Crippen molar-refractivity contribution in [2.75, 3.05) is 20.7 Å². The molecule has 0 saturated heterocycles. The summed E-state index contributed by atoms with van der Waals surface area (Å²) < 4.78 is 5.43. The van der Waals surface area contributed by atoms with Gasteiger partial charge < -0.3 is 9.64 Å². The first-order valence-corrected chi connectivity index (χ1v) is 11.6. The summed E-state index contributed by atoms with van der Waals surface area (Å²) in [6.07, 6.45) is 0.856. The minimum Gasteiger partial charge on any atom is -0.497 e. The van der Waals surface area contributed by atoms with E-state index in [4.69, 9.17) is 32.9 Å². The zero-order chi connectivity index (χ0) is 22.0. The molecule has 31 heavy (non-hydrogen) atoms. The van der Waals surface area contributed by atoms with Crippen LogP contribution in [0.3, 0.4) is 0 Å². The molecule has 0 radical (unpaired) electrons. The topological polar surface area (TPSA) is 49.1 Å². The Morgan fingerprint density at radius 3 is 2.77 bits per heavy atom. The van der Waals surface area contributed by atoms with Crippen molar-refractivity contribution in [2.45, 2.75) is 23.7 Å². The number of pyridine rings is 1. The SMILES string of the molecule is COc1cccc(-c2c(C#N)c(SCc3ccc(Cl)c(Cl)c3)nc3c2CN(C)CC3)c1. The van der Waals surface area contributed by atoms with Gasteiger partial charge >= 0.3 is 0 Å². The molecule has 158 valence electrons. The molecule has 1 aliphatic heterocycles. The van der Waals surface area contributed by atoms with Gasteiger partial charge in [0.25, 0.3) is 0 Å². The molecule has 0 atom stereocenters. The molecule has 0 bridgehead atoms. The van der Waals surface area contributed by atoms with Gasteiger partial charge in [-0.2, -0.15) is 5.26 Å². The standard InChI is InChI=1S/C24H21Cl2N3OS/c1-29-9-8-22-19(13-29)23(16-4-3-5-17(11-16)30-2)18(12-27)24(28-22)31-14-15-6-7-20(25)21(26)10-15/h3-7,10-11H,8-9,13-14H2,1-2H3. The normalized spacial score (nSPS) is 13.5. The highest BCUT2D eigenvalue weighted by molar-refractivity contribution is 7.98. The van der Waals surface area contributed by atoms with Gasteiger partial charge in [0.05, 0.1) is 22.7 Å². The molecule has 0 aliphatic carbocycles. The van der Waals surface area contributed by atoms with Gasteiger partial charge in [-0.15, -0.1) is 11.8 Å². The monoisotopic (exact) mass is 469 g/mol. The van der Waals surface area contributed by atoms with Crippen molar-refractivity contribution in [2.24, 2.45) is 0 Å². The number of rotatable bonds is 5. The molecule has 0 unspecified atom stereocenters. The van der Waals surface area contributed by atoms with Crippen molar-refractivity contribution < 1.29 is 4.74 Å². The fourth-order valence-corrected chi connectivity index (χ4v) is 5.03.